The number of rotatable bonds is 4. The molecule has 1 aliphatic rings. The fourth-order valence-corrected chi connectivity index (χ4v) is 4.00. The van der Waals surface area contributed by atoms with Gasteiger partial charge in [-0.25, -0.2) is 0 Å². The zero-order valence-electron chi connectivity index (χ0n) is 14.8. The van der Waals surface area contributed by atoms with E-state index in [1.807, 2.05) is 24.0 Å². The molecule has 3 aromatic rings. The third-order valence-electron chi connectivity index (χ3n) is 4.64. The Bertz CT molecular complexity index is 868. The molecule has 7 heteroatoms. The number of aromatic amines is 1. The second-order valence-corrected chi connectivity index (χ2v) is 7.61. The fraction of sp³-hybridized carbons (Fsp3) is 0.368. The van der Waals surface area contributed by atoms with Crippen LogP contribution in [0.1, 0.15) is 27.5 Å². The molecule has 0 atom stereocenters. The molecule has 0 aromatic carbocycles. The number of aromatic nitrogens is 2. The zero-order chi connectivity index (χ0) is 17.9. The Morgan fingerprint density at radius 1 is 1.27 bits per heavy atom. The Kier molecular flexibility index (Phi) is 4.90. The second kappa shape index (κ2) is 7.47. The number of amides is 1. The first-order valence-corrected chi connectivity index (χ1v) is 9.73. The van der Waals surface area contributed by atoms with Crippen LogP contribution in [0.5, 0.6) is 0 Å². The lowest BCUT2D eigenvalue weighted by Crippen LogP contribution is -2.35. The second-order valence-electron chi connectivity index (χ2n) is 6.58. The molecule has 0 bridgehead atoms. The predicted octanol–water partition coefficient (Wildman–Crippen LogP) is 3.39. The van der Waals surface area contributed by atoms with Crippen molar-refractivity contribution in [3.05, 3.63) is 52.0 Å². The van der Waals surface area contributed by atoms with Crippen LogP contribution >= 0.6 is 11.3 Å². The van der Waals surface area contributed by atoms with Crippen molar-refractivity contribution < 1.29 is 9.21 Å². The van der Waals surface area contributed by atoms with Crippen LogP contribution in [0.15, 0.2) is 40.1 Å². The summed E-state index contributed by atoms with van der Waals surface area (Å²) in [5.74, 6) is 1.52. The predicted molar refractivity (Wildman–Crippen MR) is 101 cm³/mol. The van der Waals surface area contributed by atoms with Gasteiger partial charge in [-0.1, -0.05) is 6.07 Å². The molecule has 3 aromatic heterocycles. The van der Waals surface area contributed by atoms with Crippen molar-refractivity contribution in [2.24, 2.45) is 0 Å². The molecule has 1 fully saturated rings. The summed E-state index contributed by atoms with van der Waals surface area (Å²) in [7, 11) is 0. The number of hydrogen-bond donors (Lipinski definition) is 1. The van der Waals surface area contributed by atoms with Crippen molar-refractivity contribution in [2.45, 2.75) is 19.9 Å². The fourth-order valence-electron chi connectivity index (χ4n) is 3.25. The van der Waals surface area contributed by atoms with Gasteiger partial charge in [-0.15, -0.1) is 11.3 Å². The maximum Gasteiger partial charge on any atom is 0.274 e. The Labute approximate surface area is 156 Å². The van der Waals surface area contributed by atoms with Crippen molar-refractivity contribution in [3.8, 4) is 11.5 Å². The number of H-pyrrole nitrogens is 1. The highest BCUT2D eigenvalue weighted by atomic mass is 32.1. The first kappa shape index (κ1) is 17.1. The largest absolute Gasteiger partial charge is 0.460 e. The molecular weight excluding hydrogens is 348 g/mol. The van der Waals surface area contributed by atoms with Gasteiger partial charge in [0, 0.05) is 43.7 Å². The normalized spacial score (nSPS) is 16.0. The van der Waals surface area contributed by atoms with Gasteiger partial charge in [0.25, 0.3) is 5.91 Å². The van der Waals surface area contributed by atoms with Gasteiger partial charge in [0.15, 0.2) is 11.5 Å². The monoisotopic (exact) mass is 370 g/mol. The van der Waals surface area contributed by atoms with Gasteiger partial charge in [-0.05, 0) is 36.9 Å². The zero-order valence-corrected chi connectivity index (χ0v) is 15.6. The molecule has 0 spiro atoms. The maximum atomic E-state index is 12.8. The molecule has 0 saturated carbocycles. The van der Waals surface area contributed by atoms with Crippen LogP contribution in [-0.4, -0.2) is 52.1 Å². The summed E-state index contributed by atoms with van der Waals surface area (Å²) in [6, 6.07) is 9.80. The number of nitrogens with zero attached hydrogens (tertiary/aromatic N) is 3. The van der Waals surface area contributed by atoms with E-state index in [0.717, 1.165) is 50.6 Å². The number of carbonyl (C=O) groups is 1. The molecular formula is C19H22N4O2S. The number of furan rings is 1. The Hall–Kier alpha value is -2.38. The van der Waals surface area contributed by atoms with Gasteiger partial charge >= 0.3 is 0 Å². The third kappa shape index (κ3) is 3.73. The minimum absolute atomic E-state index is 0.0197. The minimum Gasteiger partial charge on any atom is -0.460 e. The molecule has 0 unspecified atom stereocenters. The summed E-state index contributed by atoms with van der Waals surface area (Å²) in [5, 5.41) is 9.22. The summed E-state index contributed by atoms with van der Waals surface area (Å²) in [4.78, 5) is 18.5. The number of nitrogens with one attached hydrogen (secondary N) is 1. The quantitative estimate of drug-likeness (QED) is 0.765. The van der Waals surface area contributed by atoms with Crippen LogP contribution in [-0.2, 0) is 6.54 Å². The molecule has 1 aliphatic heterocycles. The molecule has 4 heterocycles. The first-order chi connectivity index (χ1) is 12.7. The first-order valence-electron chi connectivity index (χ1n) is 8.85. The Morgan fingerprint density at radius 2 is 2.19 bits per heavy atom. The van der Waals surface area contributed by atoms with Gasteiger partial charge in [0.05, 0.1) is 0 Å². The van der Waals surface area contributed by atoms with Crippen LogP contribution in [0, 0.1) is 6.92 Å². The molecule has 1 N–H and O–H groups in total. The number of aryl methyl sites for hydroxylation is 1. The molecule has 4 rings (SSSR count). The molecule has 26 heavy (non-hydrogen) atoms. The van der Waals surface area contributed by atoms with Gasteiger partial charge in [-0.2, -0.15) is 5.10 Å². The van der Waals surface area contributed by atoms with Gasteiger partial charge in [-0.3, -0.25) is 14.8 Å². The number of thiophene rings is 1. The van der Waals surface area contributed by atoms with Crippen molar-refractivity contribution in [3.63, 3.8) is 0 Å². The van der Waals surface area contributed by atoms with Gasteiger partial charge < -0.3 is 9.32 Å². The van der Waals surface area contributed by atoms with E-state index < -0.39 is 0 Å². The SMILES string of the molecule is Cc1ccc(-c2cc(C(=O)N3CCCN(Cc4cccs4)CC3)n[nH]2)o1. The van der Waals surface area contributed by atoms with Gasteiger partial charge in [0.1, 0.15) is 11.5 Å². The summed E-state index contributed by atoms with van der Waals surface area (Å²) >= 11 is 1.78. The van der Waals surface area contributed by atoms with Crippen molar-refractivity contribution >= 4 is 17.2 Å². The highest BCUT2D eigenvalue weighted by molar-refractivity contribution is 7.09. The van der Waals surface area contributed by atoms with E-state index in [-0.39, 0.29) is 5.91 Å². The third-order valence-corrected chi connectivity index (χ3v) is 5.50. The summed E-state index contributed by atoms with van der Waals surface area (Å²) < 4.78 is 5.59. The van der Waals surface area contributed by atoms with Crippen LogP contribution in [0.3, 0.4) is 0 Å². The molecule has 136 valence electrons. The van der Waals surface area contributed by atoms with Crippen LogP contribution < -0.4 is 0 Å². The summed E-state index contributed by atoms with van der Waals surface area (Å²) in [5.41, 5.74) is 1.18. The van der Waals surface area contributed by atoms with E-state index in [1.165, 1.54) is 4.88 Å². The smallest absolute Gasteiger partial charge is 0.274 e. The molecule has 1 amide bonds. The Balaban J connectivity index is 1.39. The van der Waals surface area contributed by atoms with E-state index in [0.29, 0.717) is 11.5 Å². The highest BCUT2D eigenvalue weighted by Gasteiger charge is 2.23. The van der Waals surface area contributed by atoms with Crippen LogP contribution in [0.4, 0.5) is 0 Å². The molecule has 0 radical (unpaired) electrons. The highest BCUT2D eigenvalue weighted by Crippen LogP contribution is 2.21. The van der Waals surface area contributed by atoms with Crippen molar-refractivity contribution in [2.75, 3.05) is 26.2 Å². The maximum absolute atomic E-state index is 12.8. The van der Waals surface area contributed by atoms with Crippen LogP contribution in [0.25, 0.3) is 11.5 Å². The average Bonchev–Trinajstić information content (AvgIpc) is 3.35. The minimum atomic E-state index is -0.0197. The molecule has 1 saturated heterocycles. The van der Waals surface area contributed by atoms with E-state index in [4.69, 9.17) is 4.42 Å². The topological polar surface area (TPSA) is 65.4 Å². The molecule has 0 aliphatic carbocycles. The van der Waals surface area contributed by atoms with E-state index in [9.17, 15) is 4.79 Å². The number of hydrogen-bond acceptors (Lipinski definition) is 5. The Morgan fingerprint density at radius 3 is 2.96 bits per heavy atom. The van der Waals surface area contributed by atoms with Crippen LogP contribution in [0.2, 0.25) is 0 Å². The lowest BCUT2D eigenvalue weighted by Gasteiger charge is -2.21. The number of carbonyl (C=O) groups excluding carboxylic acids is 1. The van der Waals surface area contributed by atoms with E-state index in [2.05, 4.69) is 32.6 Å². The van der Waals surface area contributed by atoms with Crippen molar-refractivity contribution in [1.29, 1.82) is 0 Å². The van der Waals surface area contributed by atoms with Crippen molar-refractivity contribution in [1.82, 2.24) is 20.0 Å². The molecule has 6 nitrogen and oxygen atoms in total. The summed E-state index contributed by atoms with van der Waals surface area (Å²) in [6.45, 7) is 6.25. The lowest BCUT2D eigenvalue weighted by atomic mass is 10.2. The average molecular weight is 370 g/mol. The lowest BCUT2D eigenvalue weighted by molar-refractivity contribution is 0.0755. The van der Waals surface area contributed by atoms with Gasteiger partial charge in [0.2, 0.25) is 0 Å². The standard InChI is InChI=1S/C19H22N4O2S/c1-14-5-6-18(25-14)16-12-17(21-20-16)19(24)23-8-3-7-22(9-10-23)13-15-4-2-11-26-15/h2,4-6,11-12H,3,7-10,13H2,1H3,(H,20,21). The van der Waals surface area contributed by atoms with E-state index >= 15 is 0 Å². The van der Waals surface area contributed by atoms with E-state index in [1.54, 1.807) is 17.4 Å². The summed E-state index contributed by atoms with van der Waals surface area (Å²) in [6.07, 6.45) is 0.978.